The molecule has 0 spiro atoms. The molecule has 4 heteroatoms. The Kier molecular flexibility index (Phi) is 3.22. The van der Waals surface area contributed by atoms with E-state index in [1.807, 2.05) is 31.2 Å². The zero-order valence-electron chi connectivity index (χ0n) is 11.4. The Morgan fingerprint density at radius 3 is 2.57 bits per heavy atom. The lowest BCUT2D eigenvalue weighted by molar-refractivity contribution is 0.458. The van der Waals surface area contributed by atoms with Gasteiger partial charge in [-0.3, -0.25) is 0 Å². The van der Waals surface area contributed by atoms with Crippen LogP contribution in [-0.4, -0.2) is 5.11 Å². The molecule has 0 fully saturated rings. The van der Waals surface area contributed by atoms with E-state index in [4.69, 9.17) is 4.42 Å². The fraction of sp³-hybridized carbons (Fsp3) is 0.118. The number of aromatic hydroxyl groups is 1. The Hall–Kier alpha value is -2.62. The van der Waals surface area contributed by atoms with Crippen molar-refractivity contribution in [1.82, 2.24) is 0 Å². The van der Waals surface area contributed by atoms with E-state index in [1.165, 1.54) is 12.1 Å². The van der Waals surface area contributed by atoms with E-state index >= 15 is 0 Å². The van der Waals surface area contributed by atoms with Crippen LogP contribution in [0.4, 0.5) is 4.39 Å². The van der Waals surface area contributed by atoms with Gasteiger partial charge in [0.1, 0.15) is 17.1 Å². The highest BCUT2D eigenvalue weighted by atomic mass is 19.1. The predicted molar refractivity (Wildman–Crippen MR) is 78.1 cm³/mol. The number of rotatable bonds is 2. The molecule has 1 aromatic heterocycles. The van der Waals surface area contributed by atoms with Gasteiger partial charge in [0.15, 0.2) is 0 Å². The molecule has 3 rings (SSSR count). The van der Waals surface area contributed by atoms with Gasteiger partial charge in [-0.15, -0.1) is 0 Å². The lowest BCUT2D eigenvalue weighted by Gasteiger charge is -2.07. The van der Waals surface area contributed by atoms with Crippen molar-refractivity contribution in [2.75, 3.05) is 0 Å². The van der Waals surface area contributed by atoms with Crippen molar-refractivity contribution < 1.29 is 13.9 Å². The molecule has 0 aliphatic rings. The van der Waals surface area contributed by atoms with E-state index < -0.39 is 11.4 Å². The van der Waals surface area contributed by atoms with Crippen LogP contribution < -0.4 is 5.63 Å². The molecule has 0 radical (unpaired) electrons. The number of fused-ring (bicyclic) bond motifs is 1. The summed E-state index contributed by atoms with van der Waals surface area (Å²) in [4.78, 5) is 12.0. The van der Waals surface area contributed by atoms with Crippen LogP contribution in [0.2, 0.25) is 0 Å². The maximum atomic E-state index is 13.3. The molecule has 1 N–H and O–H groups in total. The first-order chi connectivity index (χ1) is 10.0. The average molecular weight is 284 g/mol. The third-order valence-corrected chi connectivity index (χ3v) is 3.43. The Morgan fingerprint density at radius 2 is 1.86 bits per heavy atom. The van der Waals surface area contributed by atoms with Crippen molar-refractivity contribution in [3.05, 3.63) is 75.4 Å². The van der Waals surface area contributed by atoms with E-state index in [0.717, 1.165) is 17.2 Å². The van der Waals surface area contributed by atoms with Gasteiger partial charge in [-0.1, -0.05) is 29.8 Å². The fourth-order valence-corrected chi connectivity index (χ4v) is 2.26. The standard InChI is InChI=1S/C17H13FO3/c1-10-2-4-11(5-3-10)8-14-16(19)13-9-12(18)6-7-15(13)21-17(14)20/h2-7,9,19H,8H2,1H3. The molecule has 3 nitrogen and oxygen atoms in total. The SMILES string of the molecule is Cc1ccc(Cc2c(O)c3cc(F)ccc3oc2=O)cc1. The minimum absolute atomic E-state index is 0.136. The van der Waals surface area contributed by atoms with Crippen LogP contribution in [-0.2, 0) is 6.42 Å². The van der Waals surface area contributed by atoms with Crippen LogP contribution in [0.25, 0.3) is 11.0 Å². The summed E-state index contributed by atoms with van der Waals surface area (Å²) in [6.45, 7) is 1.97. The first-order valence-corrected chi connectivity index (χ1v) is 6.54. The van der Waals surface area contributed by atoms with Gasteiger partial charge in [0.25, 0.3) is 0 Å². The smallest absolute Gasteiger partial charge is 0.343 e. The molecule has 21 heavy (non-hydrogen) atoms. The molecular formula is C17H13FO3. The van der Waals surface area contributed by atoms with Crippen molar-refractivity contribution in [3.8, 4) is 5.75 Å². The average Bonchev–Trinajstić information content (AvgIpc) is 2.46. The van der Waals surface area contributed by atoms with Crippen molar-refractivity contribution in [2.24, 2.45) is 0 Å². The number of hydrogen-bond acceptors (Lipinski definition) is 3. The summed E-state index contributed by atoms with van der Waals surface area (Å²) in [5.74, 6) is -0.714. The molecule has 106 valence electrons. The van der Waals surface area contributed by atoms with Crippen LogP contribution in [0.5, 0.6) is 5.75 Å². The van der Waals surface area contributed by atoms with E-state index in [-0.39, 0.29) is 28.7 Å². The topological polar surface area (TPSA) is 50.4 Å². The van der Waals surface area contributed by atoms with Gasteiger partial charge in [-0.05, 0) is 30.7 Å². The molecular weight excluding hydrogens is 271 g/mol. The van der Waals surface area contributed by atoms with Gasteiger partial charge < -0.3 is 9.52 Å². The Labute approximate surface area is 120 Å². The molecule has 0 saturated carbocycles. The summed E-state index contributed by atoms with van der Waals surface area (Å²) < 4.78 is 18.4. The number of hydrogen-bond donors (Lipinski definition) is 1. The van der Waals surface area contributed by atoms with E-state index in [1.54, 1.807) is 0 Å². The summed E-state index contributed by atoms with van der Waals surface area (Å²) in [7, 11) is 0. The molecule has 2 aromatic carbocycles. The highest BCUT2D eigenvalue weighted by Crippen LogP contribution is 2.28. The lowest BCUT2D eigenvalue weighted by Crippen LogP contribution is -2.08. The lowest BCUT2D eigenvalue weighted by atomic mass is 10.0. The summed E-state index contributed by atoms with van der Waals surface area (Å²) in [6.07, 6.45) is 0.237. The van der Waals surface area contributed by atoms with Gasteiger partial charge in [-0.2, -0.15) is 0 Å². The maximum absolute atomic E-state index is 13.3. The molecule has 0 bridgehead atoms. The molecule has 0 saturated heterocycles. The summed E-state index contributed by atoms with van der Waals surface area (Å²) >= 11 is 0. The molecule has 0 atom stereocenters. The quantitative estimate of drug-likeness (QED) is 0.732. The second-order valence-corrected chi connectivity index (χ2v) is 5.02. The molecule has 0 amide bonds. The van der Waals surface area contributed by atoms with Crippen molar-refractivity contribution in [2.45, 2.75) is 13.3 Å². The Bertz CT molecular complexity index is 864. The second-order valence-electron chi connectivity index (χ2n) is 5.02. The van der Waals surface area contributed by atoms with Crippen LogP contribution in [0.1, 0.15) is 16.7 Å². The summed E-state index contributed by atoms with van der Waals surface area (Å²) in [5.41, 5.74) is 1.69. The molecule has 0 aliphatic heterocycles. The van der Waals surface area contributed by atoms with Crippen LogP contribution in [0, 0.1) is 12.7 Å². The second kappa shape index (κ2) is 5.05. The first-order valence-electron chi connectivity index (χ1n) is 6.54. The third-order valence-electron chi connectivity index (χ3n) is 3.43. The van der Waals surface area contributed by atoms with Gasteiger partial charge in [-0.25, -0.2) is 9.18 Å². The Morgan fingerprint density at radius 1 is 1.14 bits per heavy atom. The first kappa shape index (κ1) is 13.4. The molecule has 3 aromatic rings. The molecule has 1 heterocycles. The molecule has 0 unspecified atom stereocenters. The predicted octanol–water partition coefficient (Wildman–Crippen LogP) is 3.54. The normalized spacial score (nSPS) is 11.0. The number of aryl methyl sites for hydroxylation is 1. The summed E-state index contributed by atoms with van der Waals surface area (Å²) in [5, 5.41) is 10.4. The highest BCUT2D eigenvalue weighted by Gasteiger charge is 2.15. The summed E-state index contributed by atoms with van der Waals surface area (Å²) in [6, 6.07) is 11.3. The number of halogens is 1. The van der Waals surface area contributed by atoms with Crippen LogP contribution in [0.15, 0.2) is 51.7 Å². The van der Waals surface area contributed by atoms with Crippen LogP contribution >= 0.6 is 0 Å². The zero-order chi connectivity index (χ0) is 15.0. The third kappa shape index (κ3) is 2.52. The van der Waals surface area contributed by atoms with Gasteiger partial charge in [0.2, 0.25) is 0 Å². The van der Waals surface area contributed by atoms with E-state index in [0.29, 0.717) is 0 Å². The fourth-order valence-electron chi connectivity index (χ4n) is 2.26. The van der Waals surface area contributed by atoms with Gasteiger partial charge in [0, 0.05) is 6.42 Å². The monoisotopic (exact) mass is 284 g/mol. The van der Waals surface area contributed by atoms with Crippen molar-refractivity contribution in [1.29, 1.82) is 0 Å². The van der Waals surface area contributed by atoms with Gasteiger partial charge in [0.05, 0.1) is 10.9 Å². The van der Waals surface area contributed by atoms with E-state index in [9.17, 15) is 14.3 Å². The molecule has 0 aliphatic carbocycles. The van der Waals surface area contributed by atoms with Gasteiger partial charge >= 0.3 is 5.63 Å². The Balaban J connectivity index is 2.13. The minimum Gasteiger partial charge on any atom is -0.507 e. The van der Waals surface area contributed by atoms with Crippen LogP contribution in [0.3, 0.4) is 0 Å². The zero-order valence-corrected chi connectivity index (χ0v) is 11.4. The largest absolute Gasteiger partial charge is 0.507 e. The maximum Gasteiger partial charge on any atom is 0.343 e. The van der Waals surface area contributed by atoms with Crippen molar-refractivity contribution >= 4 is 11.0 Å². The highest BCUT2D eigenvalue weighted by molar-refractivity contribution is 5.84. The minimum atomic E-state index is -0.604. The van der Waals surface area contributed by atoms with Crippen molar-refractivity contribution in [3.63, 3.8) is 0 Å². The van der Waals surface area contributed by atoms with E-state index in [2.05, 4.69) is 0 Å². The number of benzene rings is 2.